The van der Waals surface area contributed by atoms with Crippen LogP contribution in [-0.4, -0.2) is 38.5 Å². The van der Waals surface area contributed by atoms with Crippen LogP contribution in [0.2, 0.25) is 0 Å². The van der Waals surface area contributed by atoms with Crippen LogP contribution < -0.4 is 7.58 Å². The molecule has 0 aromatic heterocycles. The van der Waals surface area contributed by atoms with Crippen LogP contribution in [0.15, 0.2) is 34.3 Å². The second-order valence-corrected chi connectivity index (χ2v) is 17.7. The SMILES string of the molecule is CC(C)(C)c1cc2c(c(C(C)(C)C)c1)[O][Al]([Br])[O]c1c(cc(C(C)(C)C)cc1C(C)(C)C)C=NCCN=C2. The lowest BCUT2D eigenvalue weighted by Gasteiger charge is -2.31. The third kappa shape index (κ3) is 7.52. The maximum absolute atomic E-state index is 6.75. The van der Waals surface area contributed by atoms with Crippen LogP contribution in [-0.2, 0) is 21.7 Å². The van der Waals surface area contributed by atoms with Crippen LogP contribution >= 0.6 is 14.1 Å². The monoisotopic (exact) mass is 596 g/mol. The number of rotatable bonds is 0. The maximum atomic E-state index is 6.75. The zero-order chi connectivity index (χ0) is 28.7. The molecule has 0 saturated carbocycles. The van der Waals surface area contributed by atoms with Crippen LogP contribution in [0.5, 0.6) is 11.5 Å². The van der Waals surface area contributed by atoms with Crippen LogP contribution in [0, 0.1) is 0 Å². The van der Waals surface area contributed by atoms with Gasteiger partial charge in [0.2, 0.25) is 0 Å². The van der Waals surface area contributed by atoms with Crippen molar-refractivity contribution in [3.8, 4) is 11.5 Å². The van der Waals surface area contributed by atoms with Crippen LogP contribution in [0.25, 0.3) is 0 Å². The molecule has 1 aliphatic heterocycles. The van der Waals surface area contributed by atoms with Gasteiger partial charge in [0.1, 0.15) is 0 Å². The summed E-state index contributed by atoms with van der Waals surface area (Å²) in [5, 5.41) is 0. The molecule has 0 amide bonds. The van der Waals surface area contributed by atoms with Gasteiger partial charge in [-0.05, 0) is 56.0 Å². The molecule has 2 aromatic carbocycles. The summed E-state index contributed by atoms with van der Waals surface area (Å²) in [7, 11) is 0. The number of benzene rings is 2. The van der Waals surface area contributed by atoms with Crippen LogP contribution in [0.3, 0.4) is 0 Å². The van der Waals surface area contributed by atoms with Crippen molar-refractivity contribution in [2.75, 3.05) is 13.1 Å². The van der Waals surface area contributed by atoms with Gasteiger partial charge in [-0.2, -0.15) is 0 Å². The second-order valence-electron chi connectivity index (χ2n) is 14.5. The van der Waals surface area contributed by atoms with E-state index in [0.717, 1.165) is 33.8 Å². The molecule has 1 aliphatic rings. The zero-order valence-electron chi connectivity index (χ0n) is 25.5. The molecule has 0 atom stereocenters. The predicted molar refractivity (Wildman–Crippen MR) is 169 cm³/mol. The summed E-state index contributed by atoms with van der Waals surface area (Å²) in [5.41, 5.74) is 6.61. The van der Waals surface area contributed by atoms with Crippen molar-refractivity contribution in [2.45, 2.75) is 105 Å². The van der Waals surface area contributed by atoms with E-state index in [1.807, 2.05) is 12.4 Å². The Labute approximate surface area is 243 Å². The van der Waals surface area contributed by atoms with E-state index in [9.17, 15) is 0 Å². The van der Waals surface area contributed by atoms with Gasteiger partial charge in [0.05, 0.1) is 24.6 Å². The highest BCUT2D eigenvalue weighted by atomic mass is 79.9. The fourth-order valence-electron chi connectivity index (χ4n) is 4.39. The Bertz CT molecular complexity index is 1130. The average molecular weight is 598 g/mol. The molecule has 4 nitrogen and oxygen atoms in total. The molecule has 2 aromatic rings. The Hall–Kier alpha value is -1.61. The molecule has 0 aliphatic carbocycles. The van der Waals surface area contributed by atoms with Crippen molar-refractivity contribution >= 4 is 39.5 Å². The third-order valence-corrected chi connectivity index (χ3v) is 8.79. The topological polar surface area (TPSA) is 43.2 Å². The van der Waals surface area contributed by atoms with Gasteiger partial charge in [0.15, 0.2) is 0 Å². The van der Waals surface area contributed by atoms with Gasteiger partial charge < -0.3 is 7.58 Å². The van der Waals surface area contributed by atoms with Crippen molar-refractivity contribution < 1.29 is 7.58 Å². The lowest BCUT2D eigenvalue weighted by atomic mass is 9.79. The standard InChI is InChI=1S/C32H48N2O2.Al.BrH/c1-29(2,3)23-15-21(27(35)25(17-23)31(7,8)9)19-33-13-14-34-20-22-16-24(30(4,5)6)18-26(28(22)36)32(10,11)12;;/h15-20,35-36H,13-14H2,1-12H3;;1H/q;+3;/p-3. The van der Waals surface area contributed by atoms with E-state index in [4.69, 9.17) is 17.6 Å². The molecule has 0 N–H and O–H groups in total. The van der Waals surface area contributed by atoms with Gasteiger partial charge in [-0.1, -0.05) is 95.2 Å². The first-order chi connectivity index (χ1) is 17.3. The Morgan fingerprint density at radius 3 is 1.21 bits per heavy atom. The van der Waals surface area contributed by atoms with Crippen molar-refractivity contribution in [2.24, 2.45) is 9.98 Å². The van der Waals surface area contributed by atoms with Gasteiger partial charge in [-0.25, -0.2) is 0 Å². The summed E-state index contributed by atoms with van der Waals surface area (Å²) in [6, 6.07) is 9.03. The van der Waals surface area contributed by atoms with E-state index in [1.54, 1.807) is 0 Å². The van der Waals surface area contributed by atoms with E-state index in [-0.39, 0.29) is 21.7 Å². The van der Waals surface area contributed by atoms with E-state index in [2.05, 4.69) is 121 Å². The molecule has 0 unspecified atom stereocenters. The fourth-order valence-corrected chi connectivity index (χ4v) is 6.45. The summed E-state index contributed by atoms with van der Waals surface area (Å²) in [6.07, 6.45) is 3.90. The van der Waals surface area contributed by atoms with Crippen molar-refractivity contribution in [3.05, 3.63) is 57.6 Å². The molecular weight excluding hydrogens is 551 g/mol. The number of halogens is 1. The molecule has 3 rings (SSSR count). The van der Waals surface area contributed by atoms with Crippen LogP contribution in [0.4, 0.5) is 0 Å². The Balaban J connectivity index is 2.24. The predicted octanol–water partition coefficient (Wildman–Crippen LogP) is 8.57. The quantitative estimate of drug-likeness (QED) is 0.286. The number of fused-ring (bicyclic) bond motifs is 2. The normalized spacial score (nSPS) is 15.4. The fraction of sp³-hybridized carbons (Fsp3) is 0.562. The molecule has 6 heteroatoms. The summed E-state index contributed by atoms with van der Waals surface area (Å²) in [4.78, 5) is 9.52. The summed E-state index contributed by atoms with van der Waals surface area (Å²) < 4.78 is 13.5. The minimum Gasteiger partial charge on any atom is -0.603 e. The van der Waals surface area contributed by atoms with Gasteiger partial charge in [0.25, 0.3) is 0 Å². The maximum Gasteiger partial charge on any atom is 0.957 e. The Morgan fingerprint density at radius 2 is 0.921 bits per heavy atom. The summed E-state index contributed by atoms with van der Waals surface area (Å²) in [6.45, 7) is 28.1. The molecule has 38 heavy (non-hydrogen) atoms. The summed E-state index contributed by atoms with van der Waals surface area (Å²) >= 11 is 1.49. The van der Waals surface area contributed by atoms with Crippen molar-refractivity contribution in [3.63, 3.8) is 0 Å². The second kappa shape index (κ2) is 11.1. The summed E-state index contributed by atoms with van der Waals surface area (Å²) in [5.74, 6) is 1.71. The first-order valence-corrected chi connectivity index (χ1v) is 17.8. The molecule has 0 spiro atoms. The first kappa shape index (κ1) is 30.9. The van der Waals surface area contributed by atoms with Gasteiger partial charge in [-0.15, -0.1) is 14.1 Å². The molecule has 0 bridgehead atoms. The molecule has 0 radical (unpaired) electrons. The van der Waals surface area contributed by atoms with Crippen molar-refractivity contribution in [1.82, 2.24) is 0 Å². The molecular formula is C32H46AlBrN2O2. The molecule has 0 saturated heterocycles. The van der Waals surface area contributed by atoms with E-state index < -0.39 is 13.0 Å². The highest BCUT2D eigenvalue weighted by Gasteiger charge is 2.37. The van der Waals surface area contributed by atoms with Gasteiger partial charge >= 0.3 is 13.0 Å². The molecule has 206 valence electrons. The Kier molecular flexibility index (Phi) is 9.04. The third-order valence-electron chi connectivity index (χ3n) is 6.82. The largest absolute Gasteiger partial charge is 0.957 e. The smallest absolute Gasteiger partial charge is 0.603 e. The molecule has 0 fully saturated rings. The van der Waals surface area contributed by atoms with E-state index >= 15 is 0 Å². The zero-order valence-corrected chi connectivity index (χ0v) is 28.3. The average Bonchev–Trinajstić information content (AvgIpc) is 2.75. The first-order valence-electron chi connectivity index (χ1n) is 13.6. The highest BCUT2D eigenvalue weighted by Crippen LogP contribution is 2.41. The number of nitrogens with zero attached hydrogens (tertiary/aromatic N) is 2. The minimum absolute atomic E-state index is 0.00136. The Morgan fingerprint density at radius 1 is 0.579 bits per heavy atom. The lowest BCUT2D eigenvalue weighted by molar-refractivity contribution is 0.426. The van der Waals surface area contributed by atoms with Crippen molar-refractivity contribution in [1.29, 1.82) is 0 Å². The van der Waals surface area contributed by atoms with Gasteiger partial charge in [0, 0.05) is 23.6 Å². The van der Waals surface area contributed by atoms with E-state index in [0.29, 0.717) is 13.1 Å². The number of hydrogen-bond acceptors (Lipinski definition) is 4. The van der Waals surface area contributed by atoms with E-state index in [1.165, 1.54) is 11.1 Å². The lowest BCUT2D eigenvalue weighted by Crippen LogP contribution is -2.29. The van der Waals surface area contributed by atoms with Gasteiger partial charge in [-0.3, -0.25) is 9.98 Å². The minimum atomic E-state index is -2.37. The number of aliphatic imine (C=N–C) groups is 2. The molecule has 1 heterocycles. The van der Waals surface area contributed by atoms with Crippen LogP contribution in [0.1, 0.15) is 116 Å². The highest BCUT2D eigenvalue weighted by molar-refractivity contribution is 9.24. The number of hydrogen-bond donors (Lipinski definition) is 0.